The van der Waals surface area contributed by atoms with Gasteiger partial charge in [0.1, 0.15) is 6.04 Å². The van der Waals surface area contributed by atoms with Crippen LogP contribution in [0.1, 0.15) is 19.5 Å². The number of anilines is 1. The molecule has 29 heavy (non-hydrogen) atoms. The summed E-state index contributed by atoms with van der Waals surface area (Å²) in [6.45, 7) is 3.69. The lowest BCUT2D eigenvalue weighted by molar-refractivity contribution is -0.127. The van der Waals surface area contributed by atoms with Crippen LogP contribution in [-0.2, 0) is 16.0 Å². The van der Waals surface area contributed by atoms with Gasteiger partial charge in [0.25, 0.3) is 5.56 Å². The molecule has 0 radical (unpaired) electrons. The fourth-order valence-electron chi connectivity index (χ4n) is 3.00. The van der Waals surface area contributed by atoms with E-state index in [1.165, 1.54) is 0 Å². The molecule has 3 aromatic rings. The summed E-state index contributed by atoms with van der Waals surface area (Å²) in [5.74, 6) is -0.844. The number of nitrogens with zero attached hydrogens (tertiary/aromatic N) is 1. The molecule has 0 saturated heterocycles. The summed E-state index contributed by atoms with van der Waals surface area (Å²) >= 11 is 5.95. The zero-order valence-electron chi connectivity index (χ0n) is 16.0. The minimum Gasteiger partial charge on any atom is -0.344 e. The summed E-state index contributed by atoms with van der Waals surface area (Å²) < 4.78 is 0. The maximum Gasteiger partial charge on any atom is 0.272 e. The molecule has 150 valence electrons. The molecular formula is C21H21ClN4O3. The zero-order valence-corrected chi connectivity index (χ0v) is 16.8. The Morgan fingerprint density at radius 2 is 1.83 bits per heavy atom. The third-order valence-electron chi connectivity index (χ3n) is 4.46. The molecule has 0 bridgehead atoms. The second-order valence-electron chi connectivity index (χ2n) is 7.01. The van der Waals surface area contributed by atoms with Crippen molar-refractivity contribution in [2.75, 3.05) is 5.32 Å². The highest BCUT2D eigenvalue weighted by molar-refractivity contribution is 6.30. The molecule has 8 heteroatoms. The van der Waals surface area contributed by atoms with Crippen LogP contribution in [0.2, 0.25) is 5.02 Å². The summed E-state index contributed by atoms with van der Waals surface area (Å²) in [6, 6.07) is 13.0. The normalized spacial score (nSPS) is 12.0. The van der Waals surface area contributed by atoms with Gasteiger partial charge in [0.15, 0.2) is 0 Å². The highest BCUT2D eigenvalue weighted by atomic mass is 35.5. The number of H-pyrrole nitrogens is 1. The Morgan fingerprint density at radius 3 is 2.52 bits per heavy atom. The number of hydrogen-bond donors (Lipinski definition) is 3. The summed E-state index contributed by atoms with van der Waals surface area (Å²) in [5, 5.41) is 13.5. The van der Waals surface area contributed by atoms with Crippen LogP contribution in [0.3, 0.4) is 0 Å². The number of hydrogen-bond acceptors (Lipinski definition) is 4. The summed E-state index contributed by atoms with van der Waals surface area (Å²) in [6.07, 6.45) is -0.0645. The van der Waals surface area contributed by atoms with Gasteiger partial charge in [-0.15, -0.1) is 0 Å². The standard InChI is InChI=1S/C21H21ClN4O3/c1-12(2)19(21(29)23-14-7-5-6-13(22)10-14)24-18(27)11-17-15-8-3-4-9-16(15)20(28)26-25-17/h3-10,12,19H,11H2,1-2H3,(H,23,29)(H,24,27)(H,26,28). The Bertz CT molecular complexity index is 1110. The molecule has 2 amide bonds. The average Bonchev–Trinajstić information content (AvgIpc) is 2.68. The molecule has 1 atom stereocenters. The maximum absolute atomic E-state index is 12.7. The quantitative estimate of drug-likeness (QED) is 0.579. The summed E-state index contributed by atoms with van der Waals surface area (Å²) in [4.78, 5) is 37.2. The summed E-state index contributed by atoms with van der Waals surface area (Å²) in [7, 11) is 0. The molecule has 0 aliphatic rings. The lowest BCUT2D eigenvalue weighted by Crippen LogP contribution is -2.47. The fraction of sp³-hybridized carbons (Fsp3) is 0.238. The van der Waals surface area contributed by atoms with E-state index in [-0.39, 0.29) is 29.7 Å². The highest BCUT2D eigenvalue weighted by Crippen LogP contribution is 2.16. The number of nitrogens with one attached hydrogen (secondary N) is 3. The van der Waals surface area contributed by atoms with Gasteiger partial charge in [-0.1, -0.05) is 49.7 Å². The molecule has 7 nitrogen and oxygen atoms in total. The van der Waals surface area contributed by atoms with Crippen LogP contribution in [-0.4, -0.2) is 28.1 Å². The van der Waals surface area contributed by atoms with E-state index < -0.39 is 6.04 Å². The van der Waals surface area contributed by atoms with Crippen LogP contribution >= 0.6 is 11.6 Å². The molecule has 3 N–H and O–H groups in total. The van der Waals surface area contributed by atoms with E-state index in [9.17, 15) is 14.4 Å². The number of rotatable bonds is 6. The van der Waals surface area contributed by atoms with E-state index in [0.717, 1.165) is 0 Å². The molecular weight excluding hydrogens is 392 g/mol. The lowest BCUT2D eigenvalue weighted by atomic mass is 10.0. The van der Waals surface area contributed by atoms with Crippen molar-refractivity contribution in [1.29, 1.82) is 0 Å². The largest absolute Gasteiger partial charge is 0.344 e. The molecule has 1 aromatic heterocycles. The number of halogens is 1. The van der Waals surface area contributed by atoms with E-state index in [0.29, 0.717) is 27.2 Å². The first kappa shape index (κ1) is 20.5. The number of benzene rings is 2. The van der Waals surface area contributed by atoms with Crippen LogP contribution < -0.4 is 16.2 Å². The molecule has 2 aromatic carbocycles. The molecule has 0 aliphatic carbocycles. The Labute approximate surface area is 172 Å². The Kier molecular flexibility index (Phi) is 6.29. The van der Waals surface area contributed by atoms with Crippen molar-refractivity contribution in [3.05, 3.63) is 69.6 Å². The van der Waals surface area contributed by atoms with Crippen LogP contribution in [0.15, 0.2) is 53.3 Å². The Morgan fingerprint density at radius 1 is 1.10 bits per heavy atom. The number of aromatic amines is 1. The van der Waals surface area contributed by atoms with E-state index in [1.54, 1.807) is 48.5 Å². The Hall–Kier alpha value is -3.19. The first-order valence-corrected chi connectivity index (χ1v) is 9.55. The van der Waals surface area contributed by atoms with Gasteiger partial charge in [-0.3, -0.25) is 14.4 Å². The van der Waals surface area contributed by atoms with Crippen LogP contribution in [0.4, 0.5) is 5.69 Å². The number of aromatic nitrogens is 2. The topological polar surface area (TPSA) is 104 Å². The van der Waals surface area contributed by atoms with Gasteiger partial charge < -0.3 is 10.6 Å². The predicted molar refractivity (Wildman–Crippen MR) is 113 cm³/mol. The first-order valence-electron chi connectivity index (χ1n) is 9.17. The van der Waals surface area contributed by atoms with Gasteiger partial charge in [0.2, 0.25) is 11.8 Å². The van der Waals surface area contributed by atoms with Crippen molar-refractivity contribution < 1.29 is 9.59 Å². The number of fused-ring (bicyclic) bond motifs is 1. The van der Waals surface area contributed by atoms with Crippen molar-refractivity contribution in [3.8, 4) is 0 Å². The van der Waals surface area contributed by atoms with E-state index in [2.05, 4.69) is 20.8 Å². The average molecular weight is 413 g/mol. The third kappa shape index (κ3) is 5.00. The molecule has 1 heterocycles. The maximum atomic E-state index is 12.7. The minimum absolute atomic E-state index is 0.0645. The van der Waals surface area contributed by atoms with Crippen LogP contribution in [0.25, 0.3) is 10.8 Å². The second kappa shape index (κ2) is 8.87. The van der Waals surface area contributed by atoms with Crippen molar-refractivity contribution in [3.63, 3.8) is 0 Å². The van der Waals surface area contributed by atoms with E-state index in [4.69, 9.17) is 11.6 Å². The fourth-order valence-corrected chi connectivity index (χ4v) is 3.19. The number of amides is 2. The molecule has 3 rings (SSSR count). The van der Waals surface area contributed by atoms with Gasteiger partial charge in [-0.25, -0.2) is 5.10 Å². The van der Waals surface area contributed by atoms with Crippen molar-refractivity contribution in [2.24, 2.45) is 5.92 Å². The predicted octanol–water partition coefficient (Wildman–Crippen LogP) is 2.90. The van der Waals surface area contributed by atoms with Gasteiger partial charge >= 0.3 is 0 Å². The second-order valence-corrected chi connectivity index (χ2v) is 7.45. The molecule has 1 unspecified atom stereocenters. The summed E-state index contributed by atoms with van der Waals surface area (Å²) in [5.41, 5.74) is 0.678. The zero-order chi connectivity index (χ0) is 21.0. The van der Waals surface area contributed by atoms with Crippen molar-refractivity contribution in [2.45, 2.75) is 26.3 Å². The van der Waals surface area contributed by atoms with E-state index in [1.807, 2.05) is 13.8 Å². The first-order chi connectivity index (χ1) is 13.8. The van der Waals surface area contributed by atoms with Gasteiger partial charge in [-0.05, 0) is 30.2 Å². The van der Waals surface area contributed by atoms with Crippen LogP contribution in [0, 0.1) is 5.92 Å². The lowest BCUT2D eigenvalue weighted by Gasteiger charge is -2.22. The third-order valence-corrected chi connectivity index (χ3v) is 4.70. The van der Waals surface area contributed by atoms with Crippen molar-refractivity contribution >= 4 is 39.9 Å². The molecule has 0 saturated carbocycles. The molecule has 0 aliphatic heterocycles. The molecule has 0 fully saturated rings. The smallest absolute Gasteiger partial charge is 0.272 e. The van der Waals surface area contributed by atoms with Gasteiger partial charge in [0, 0.05) is 16.1 Å². The number of carbonyl (C=O) groups is 2. The monoisotopic (exact) mass is 412 g/mol. The minimum atomic E-state index is -0.740. The van der Waals surface area contributed by atoms with Gasteiger partial charge in [-0.2, -0.15) is 5.10 Å². The molecule has 0 spiro atoms. The van der Waals surface area contributed by atoms with Crippen molar-refractivity contribution in [1.82, 2.24) is 15.5 Å². The van der Waals surface area contributed by atoms with Crippen LogP contribution in [0.5, 0.6) is 0 Å². The van der Waals surface area contributed by atoms with Gasteiger partial charge in [0.05, 0.1) is 17.5 Å². The number of carbonyl (C=O) groups excluding carboxylic acids is 2. The van der Waals surface area contributed by atoms with E-state index >= 15 is 0 Å². The highest BCUT2D eigenvalue weighted by Gasteiger charge is 2.25. The SMILES string of the molecule is CC(C)C(NC(=O)Cc1n[nH]c(=O)c2ccccc12)C(=O)Nc1cccc(Cl)c1. The Balaban J connectivity index is 1.74.